The molecule has 1 aliphatic rings. The molecule has 2 rings (SSSR count). The molecule has 0 aromatic carbocycles. The lowest BCUT2D eigenvalue weighted by molar-refractivity contribution is -0.0588. The Hall–Kier alpha value is -1.55. The van der Waals surface area contributed by atoms with Crippen LogP contribution in [0.4, 0.5) is 0 Å². The van der Waals surface area contributed by atoms with Gasteiger partial charge in [-0.1, -0.05) is 0 Å². The molecule has 0 saturated carbocycles. The van der Waals surface area contributed by atoms with Crippen LogP contribution in [0.15, 0.2) is 6.33 Å². The molecule has 0 spiro atoms. The summed E-state index contributed by atoms with van der Waals surface area (Å²) in [6, 6.07) is 0. The minimum atomic E-state index is -1.27. The van der Waals surface area contributed by atoms with Gasteiger partial charge in [-0.25, -0.2) is 9.67 Å². The molecule has 1 aromatic rings. The summed E-state index contributed by atoms with van der Waals surface area (Å²) in [6.07, 6.45) is -3.26. The van der Waals surface area contributed by atoms with Crippen molar-refractivity contribution in [3.63, 3.8) is 0 Å². The Kier molecular flexibility index (Phi) is 3.07. The molecular weight excluding hydrogens is 232 g/mol. The Morgan fingerprint density at radius 3 is 2.71 bits per heavy atom. The van der Waals surface area contributed by atoms with Crippen molar-refractivity contribution in [3.8, 4) is 0 Å². The van der Waals surface area contributed by atoms with Gasteiger partial charge in [0, 0.05) is 0 Å². The topological polar surface area (TPSA) is 144 Å². The molecule has 1 amide bonds. The second-order valence-corrected chi connectivity index (χ2v) is 3.64. The first-order valence-corrected chi connectivity index (χ1v) is 4.88. The van der Waals surface area contributed by atoms with Gasteiger partial charge in [0.1, 0.15) is 24.6 Å². The quantitative estimate of drug-likeness (QED) is 0.443. The standard InChI is InChI=1S/C8H12N4O5/c9-6(16)7-10-2-12(11-7)8-5(15)4(14)3(1-13)17-8/h2-5,8,13-15H,1H2,(H2,9,16)/t3-,4+,5?,8+/m0/s1. The summed E-state index contributed by atoms with van der Waals surface area (Å²) in [4.78, 5) is 14.4. The highest BCUT2D eigenvalue weighted by Gasteiger charge is 2.43. The van der Waals surface area contributed by atoms with Gasteiger partial charge in [-0.05, 0) is 0 Å². The summed E-state index contributed by atoms with van der Waals surface area (Å²) in [5.74, 6) is -1.03. The van der Waals surface area contributed by atoms with Gasteiger partial charge in [0.15, 0.2) is 6.23 Å². The Labute approximate surface area is 95.4 Å². The first-order chi connectivity index (χ1) is 8.04. The lowest BCUT2D eigenvalue weighted by atomic mass is 10.1. The predicted octanol–water partition coefficient (Wildman–Crippen LogP) is -3.01. The molecule has 1 saturated heterocycles. The number of hydrogen-bond donors (Lipinski definition) is 4. The molecule has 1 aromatic heterocycles. The third-order valence-electron chi connectivity index (χ3n) is 2.51. The van der Waals surface area contributed by atoms with Crippen LogP contribution in [0, 0.1) is 0 Å². The van der Waals surface area contributed by atoms with Crippen LogP contribution < -0.4 is 5.73 Å². The van der Waals surface area contributed by atoms with Gasteiger partial charge in [0.25, 0.3) is 5.91 Å². The van der Waals surface area contributed by atoms with Gasteiger partial charge in [-0.15, -0.1) is 5.10 Å². The third kappa shape index (κ3) is 2.00. The van der Waals surface area contributed by atoms with Crippen LogP contribution in [0.1, 0.15) is 16.8 Å². The molecule has 0 radical (unpaired) electrons. The summed E-state index contributed by atoms with van der Waals surface area (Å²) in [5, 5.41) is 31.8. The van der Waals surface area contributed by atoms with Crippen LogP contribution in [0.25, 0.3) is 0 Å². The van der Waals surface area contributed by atoms with Crippen molar-refractivity contribution in [2.45, 2.75) is 24.5 Å². The van der Waals surface area contributed by atoms with E-state index in [0.29, 0.717) is 0 Å². The molecule has 1 unspecified atom stereocenters. The largest absolute Gasteiger partial charge is 0.394 e. The van der Waals surface area contributed by atoms with Crippen molar-refractivity contribution >= 4 is 5.91 Å². The van der Waals surface area contributed by atoms with Crippen molar-refractivity contribution in [1.82, 2.24) is 14.8 Å². The number of aliphatic hydroxyl groups excluding tert-OH is 3. The number of aromatic nitrogens is 3. The van der Waals surface area contributed by atoms with E-state index < -0.39 is 37.1 Å². The molecule has 0 aliphatic carbocycles. The van der Waals surface area contributed by atoms with Gasteiger partial charge in [-0.3, -0.25) is 4.79 Å². The minimum Gasteiger partial charge on any atom is -0.394 e. The molecule has 17 heavy (non-hydrogen) atoms. The smallest absolute Gasteiger partial charge is 0.288 e. The average molecular weight is 244 g/mol. The number of aliphatic hydroxyl groups is 3. The summed E-state index contributed by atoms with van der Waals surface area (Å²) in [7, 11) is 0. The fourth-order valence-electron chi connectivity index (χ4n) is 1.61. The fraction of sp³-hybridized carbons (Fsp3) is 0.625. The van der Waals surface area contributed by atoms with Crippen molar-refractivity contribution < 1.29 is 24.9 Å². The Morgan fingerprint density at radius 1 is 1.53 bits per heavy atom. The number of nitrogens with zero attached hydrogens (tertiary/aromatic N) is 3. The maximum absolute atomic E-state index is 10.8. The second kappa shape index (κ2) is 4.37. The Balaban J connectivity index is 2.19. The van der Waals surface area contributed by atoms with Crippen molar-refractivity contribution in [2.24, 2.45) is 5.73 Å². The summed E-state index contributed by atoms with van der Waals surface area (Å²) >= 11 is 0. The number of hydrogen-bond acceptors (Lipinski definition) is 7. The first kappa shape index (κ1) is 11.9. The number of primary amides is 1. The molecule has 1 aliphatic heterocycles. The van der Waals surface area contributed by atoms with E-state index in [2.05, 4.69) is 10.1 Å². The molecule has 9 nitrogen and oxygen atoms in total. The molecule has 1 fully saturated rings. The molecule has 9 heteroatoms. The highest BCUT2D eigenvalue weighted by molar-refractivity contribution is 5.88. The molecule has 2 heterocycles. The monoisotopic (exact) mass is 244 g/mol. The molecule has 94 valence electrons. The Bertz CT molecular complexity index is 422. The number of amides is 1. The molecule has 0 bridgehead atoms. The number of carbonyl (C=O) groups is 1. The average Bonchev–Trinajstić information content (AvgIpc) is 2.87. The number of rotatable bonds is 3. The van der Waals surface area contributed by atoms with Gasteiger partial charge < -0.3 is 25.8 Å². The van der Waals surface area contributed by atoms with Crippen LogP contribution in [-0.4, -0.2) is 60.9 Å². The molecule has 4 atom stereocenters. The zero-order valence-corrected chi connectivity index (χ0v) is 8.67. The van der Waals surface area contributed by atoms with E-state index in [-0.39, 0.29) is 5.82 Å². The van der Waals surface area contributed by atoms with Crippen LogP contribution in [-0.2, 0) is 4.74 Å². The Morgan fingerprint density at radius 2 is 2.24 bits per heavy atom. The van der Waals surface area contributed by atoms with Gasteiger partial charge in [-0.2, -0.15) is 0 Å². The maximum atomic E-state index is 10.8. The van der Waals surface area contributed by atoms with Gasteiger partial charge in [0.2, 0.25) is 5.82 Å². The lowest BCUT2D eigenvalue weighted by Crippen LogP contribution is -2.33. The first-order valence-electron chi connectivity index (χ1n) is 4.88. The second-order valence-electron chi connectivity index (χ2n) is 3.64. The number of carbonyl (C=O) groups excluding carboxylic acids is 1. The molecule has 5 N–H and O–H groups in total. The van der Waals surface area contributed by atoms with Gasteiger partial charge in [0.05, 0.1) is 6.61 Å². The third-order valence-corrected chi connectivity index (χ3v) is 2.51. The normalized spacial score (nSPS) is 32.9. The summed E-state index contributed by atoms with van der Waals surface area (Å²) in [6.45, 7) is -0.438. The lowest BCUT2D eigenvalue weighted by Gasteiger charge is -2.13. The van der Waals surface area contributed by atoms with E-state index in [1.165, 1.54) is 0 Å². The van der Waals surface area contributed by atoms with Crippen LogP contribution >= 0.6 is 0 Å². The predicted molar refractivity (Wildman–Crippen MR) is 51.5 cm³/mol. The van der Waals surface area contributed by atoms with E-state index in [4.69, 9.17) is 15.6 Å². The van der Waals surface area contributed by atoms with E-state index in [0.717, 1.165) is 11.0 Å². The zero-order chi connectivity index (χ0) is 12.6. The van der Waals surface area contributed by atoms with E-state index in [9.17, 15) is 15.0 Å². The summed E-state index contributed by atoms with van der Waals surface area (Å²) < 4.78 is 6.25. The van der Waals surface area contributed by atoms with Crippen molar-refractivity contribution in [1.29, 1.82) is 0 Å². The van der Waals surface area contributed by atoms with Crippen molar-refractivity contribution in [3.05, 3.63) is 12.2 Å². The van der Waals surface area contributed by atoms with Crippen LogP contribution in [0.2, 0.25) is 0 Å². The number of ether oxygens (including phenoxy) is 1. The number of nitrogens with two attached hydrogens (primary N) is 1. The van der Waals surface area contributed by atoms with E-state index >= 15 is 0 Å². The van der Waals surface area contributed by atoms with Gasteiger partial charge >= 0.3 is 0 Å². The highest BCUT2D eigenvalue weighted by atomic mass is 16.6. The minimum absolute atomic E-state index is 0.220. The highest BCUT2D eigenvalue weighted by Crippen LogP contribution is 2.28. The zero-order valence-electron chi connectivity index (χ0n) is 8.67. The van der Waals surface area contributed by atoms with E-state index in [1.54, 1.807) is 0 Å². The van der Waals surface area contributed by atoms with Crippen LogP contribution in [0.5, 0.6) is 0 Å². The SMILES string of the molecule is NC(=O)c1ncn([C@@H]2O[C@@H](CO)[C@@H](O)C2O)n1. The maximum Gasteiger partial charge on any atom is 0.288 e. The van der Waals surface area contributed by atoms with Crippen LogP contribution in [0.3, 0.4) is 0 Å². The summed E-state index contributed by atoms with van der Waals surface area (Å²) in [5.41, 5.74) is 4.97. The van der Waals surface area contributed by atoms with Crippen molar-refractivity contribution in [2.75, 3.05) is 6.61 Å². The fourth-order valence-corrected chi connectivity index (χ4v) is 1.61. The molecular formula is C8H12N4O5. The van der Waals surface area contributed by atoms with E-state index in [1.807, 2.05) is 0 Å².